The number of carbonyl (C=O) groups is 5. The quantitative estimate of drug-likeness (QED) is 0.0372. The predicted molar refractivity (Wildman–Crippen MR) is 294 cm³/mol. The van der Waals surface area contributed by atoms with Gasteiger partial charge in [-0.3, -0.25) is 29.3 Å². The highest BCUT2D eigenvalue weighted by Crippen LogP contribution is 2.49. The maximum Gasteiger partial charge on any atom is 0.409 e. The van der Waals surface area contributed by atoms with E-state index in [4.69, 9.17) is 45.0 Å². The Morgan fingerprint density at radius 1 is 1.04 bits per heavy atom. The maximum absolute atomic E-state index is 14.3. The number of amides is 4. The first-order chi connectivity index (χ1) is 37.2. The van der Waals surface area contributed by atoms with Gasteiger partial charge < -0.3 is 53.4 Å². The van der Waals surface area contributed by atoms with E-state index in [1.54, 1.807) is 57.3 Å². The number of esters is 1. The molecule has 1 aromatic heterocycles. The van der Waals surface area contributed by atoms with Gasteiger partial charge in [0.05, 0.1) is 37.0 Å². The lowest BCUT2D eigenvalue weighted by Gasteiger charge is -2.42. The molecule has 3 aliphatic heterocycles. The molecule has 7 atom stereocenters. The summed E-state index contributed by atoms with van der Waals surface area (Å²) in [6.07, 6.45) is 0.734. The van der Waals surface area contributed by atoms with Crippen LogP contribution in [0.15, 0.2) is 99.7 Å². The van der Waals surface area contributed by atoms with Gasteiger partial charge >= 0.3 is 12.1 Å². The molecular formula is C56H62ClN5O14S2. The fraction of sp³-hybridized carbons (Fsp3) is 0.411. The number of nitrogens with zero attached hydrogens (tertiary/aromatic N) is 3. The first-order valence-electron chi connectivity index (χ1n) is 25.0. The molecule has 414 valence electrons. The number of halogens is 1. The Morgan fingerprint density at radius 3 is 2.41 bits per heavy atom. The van der Waals surface area contributed by atoms with Crippen molar-refractivity contribution in [3.8, 4) is 28.7 Å². The molecule has 3 aliphatic rings. The summed E-state index contributed by atoms with van der Waals surface area (Å²) in [5.41, 5.74) is 1.24. The van der Waals surface area contributed by atoms with Gasteiger partial charge in [-0.1, -0.05) is 100 Å². The summed E-state index contributed by atoms with van der Waals surface area (Å²) in [4.78, 5) is 82.6. The highest BCUT2D eigenvalue weighted by molar-refractivity contribution is 8.76. The fourth-order valence-electron chi connectivity index (χ4n) is 9.29. The molecule has 4 heterocycles. The maximum atomic E-state index is 14.3. The van der Waals surface area contributed by atoms with Crippen LogP contribution in [0.5, 0.6) is 11.5 Å². The number of hydrogen-bond acceptors (Lipinski definition) is 17. The number of ether oxygens (including phenoxy) is 5. The van der Waals surface area contributed by atoms with Gasteiger partial charge in [-0.2, -0.15) is 5.26 Å². The zero-order valence-electron chi connectivity index (χ0n) is 44.2. The molecule has 4 bridgehead atoms. The van der Waals surface area contributed by atoms with E-state index in [9.17, 15) is 39.0 Å². The number of fused-ring (bicyclic) bond motifs is 5. The molecule has 7 rings (SSSR count). The molecule has 4 N–H and O–H groups in total. The van der Waals surface area contributed by atoms with Crippen LogP contribution in [-0.4, -0.2) is 127 Å². The van der Waals surface area contributed by atoms with Crippen molar-refractivity contribution in [2.24, 2.45) is 5.92 Å². The van der Waals surface area contributed by atoms with E-state index in [1.807, 2.05) is 49.4 Å². The number of epoxide rings is 1. The molecule has 0 aliphatic carbocycles. The molecule has 3 aromatic carbocycles. The van der Waals surface area contributed by atoms with Crippen molar-refractivity contribution in [1.29, 1.82) is 5.26 Å². The van der Waals surface area contributed by atoms with E-state index >= 15 is 0 Å². The molecule has 78 heavy (non-hydrogen) atoms. The average Bonchev–Trinajstić information content (AvgIpc) is 4.25. The Morgan fingerprint density at radius 2 is 1.73 bits per heavy atom. The summed E-state index contributed by atoms with van der Waals surface area (Å²) in [6, 6.07) is 21.3. The summed E-state index contributed by atoms with van der Waals surface area (Å²) >= 11 is 6.80. The van der Waals surface area contributed by atoms with Crippen LogP contribution < -0.4 is 25.7 Å². The first kappa shape index (κ1) is 58.9. The van der Waals surface area contributed by atoms with Crippen molar-refractivity contribution in [3.63, 3.8) is 0 Å². The summed E-state index contributed by atoms with van der Waals surface area (Å²) < 4.78 is 34.9. The SMILES string of the molecule is COc1cc2cc(c1Cl)N(C)C(=O)C[C@@H](OC(=O)CN(C)C(=O)CCSSCCc1cc(=O)c(O)c(C(=O)NCc3ccc(-c4ccc(C#N)cc4)cc3)o1)[C@]1(C)O[C@H]1[C@@H](C)C1C[C@](O)(NC(=O)O1)[C@@H](OC)/C=C/C=C(\C)C2. The summed E-state index contributed by atoms with van der Waals surface area (Å²) in [7, 11) is 8.64. The third kappa shape index (κ3) is 14.3. The molecule has 4 amide bonds. The summed E-state index contributed by atoms with van der Waals surface area (Å²) in [5, 5.41) is 36.7. The molecule has 1 unspecified atom stereocenters. The van der Waals surface area contributed by atoms with Gasteiger partial charge in [0.2, 0.25) is 28.8 Å². The Hall–Kier alpha value is -6.80. The van der Waals surface area contributed by atoms with Crippen LogP contribution in [0.2, 0.25) is 5.02 Å². The molecule has 0 radical (unpaired) electrons. The number of nitriles is 1. The van der Waals surface area contributed by atoms with Crippen LogP contribution >= 0.6 is 33.2 Å². The van der Waals surface area contributed by atoms with Crippen molar-refractivity contribution in [2.75, 3.05) is 51.3 Å². The van der Waals surface area contributed by atoms with Gasteiger partial charge in [0, 0.05) is 70.5 Å². The van der Waals surface area contributed by atoms with Crippen LogP contribution in [0.3, 0.4) is 0 Å². The standard InChI is InChI=1S/C56H62ClN5O14S2/c1-32-9-8-10-44(72-7)56(70)28-43(74-54(69)60-56)33(2)52-55(3,76-52)45(27-47(65)62(5)40-24-36(23-32)25-42(71-6)49(40)57)75-48(66)31-61(4)46(64)20-22-78-77-21-19-39-26-41(63)50(67)51(73-39)53(68)59-30-35-13-17-38(18-14-35)37-15-11-34(29-58)12-16-37/h8-18,24-26,33,43-45,52,67,70H,19-23,27-28,30-31H2,1-7H3,(H,59,68)(H,60,69)/b10-8+,32-9+/t33-,43?,44-,45+,52-,55-,56+/m0/s1. The molecule has 0 spiro atoms. The second-order valence-corrected chi connectivity index (χ2v) is 22.6. The third-order valence-corrected chi connectivity index (χ3v) is 16.7. The van der Waals surface area contributed by atoms with Crippen molar-refractivity contribution in [3.05, 3.63) is 134 Å². The third-order valence-electron chi connectivity index (χ3n) is 13.9. The number of rotatable bonds is 16. The van der Waals surface area contributed by atoms with E-state index in [0.29, 0.717) is 34.9 Å². The van der Waals surface area contributed by atoms with Crippen LogP contribution in [0.4, 0.5) is 10.5 Å². The topological polar surface area (TPSA) is 260 Å². The molecule has 2 fully saturated rings. The zero-order chi connectivity index (χ0) is 56.5. The van der Waals surface area contributed by atoms with Gasteiger partial charge in [0.25, 0.3) is 5.91 Å². The highest BCUT2D eigenvalue weighted by Gasteiger charge is 2.64. The van der Waals surface area contributed by atoms with Crippen molar-refractivity contribution < 1.29 is 62.3 Å². The normalized spacial score (nSPS) is 24.2. The van der Waals surface area contributed by atoms with Gasteiger partial charge in [0.1, 0.15) is 47.0 Å². The smallest absolute Gasteiger partial charge is 0.409 e. The number of nitrogens with one attached hydrogen (secondary N) is 2. The summed E-state index contributed by atoms with van der Waals surface area (Å²) in [5.74, 6) is -3.04. The van der Waals surface area contributed by atoms with Gasteiger partial charge in [0.15, 0.2) is 5.72 Å². The predicted octanol–water partition coefficient (Wildman–Crippen LogP) is 7.27. The second kappa shape index (κ2) is 25.8. The minimum absolute atomic E-state index is 0.0466. The number of aryl methyl sites for hydroxylation is 1. The van der Waals surface area contributed by atoms with Gasteiger partial charge in [-0.15, -0.1) is 0 Å². The minimum atomic E-state index is -1.88. The number of hydrogen-bond donors (Lipinski definition) is 4. The monoisotopic (exact) mass is 1130 g/mol. The number of aromatic hydroxyl groups is 1. The number of allylic oxidation sites excluding steroid dienone is 3. The lowest BCUT2D eigenvalue weighted by Crippen LogP contribution is -2.63. The van der Waals surface area contributed by atoms with Crippen molar-refractivity contribution in [1.82, 2.24) is 15.5 Å². The molecule has 2 saturated heterocycles. The average molecular weight is 1130 g/mol. The Balaban J connectivity index is 0.941. The van der Waals surface area contributed by atoms with E-state index in [2.05, 4.69) is 16.7 Å². The molecule has 19 nitrogen and oxygen atoms in total. The Kier molecular flexibility index (Phi) is 19.5. The lowest BCUT2D eigenvalue weighted by atomic mass is 9.83. The number of anilines is 1. The molecule has 22 heteroatoms. The van der Waals surface area contributed by atoms with Gasteiger partial charge in [-0.05, 0) is 66.8 Å². The van der Waals surface area contributed by atoms with Crippen LogP contribution in [-0.2, 0) is 52.7 Å². The largest absolute Gasteiger partial charge is 0.501 e. The number of carbonyl (C=O) groups excluding carboxylic acids is 5. The van der Waals surface area contributed by atoms with E-state index in [1.165, 1.54) is 52.7 Å². The molecule has 4 aromatic rings. The highest BCUT2D eigenvalue weighted by atomic mass is 35.5. The van der Waals surface area contributed by atoms with Crippen molar-refractivity contribution in [2.45, 2.75) is 95.2 Å². The van der Waals surface area contributed by atoms with E-state index in [0.717, 1.165) is 33.9 Å². The number of alkyl carbamates (subject to hydrolysis) is 1. The van der Waals surface area contributed by atoms with Crippen LogP contribution in [0.1, 0.15) is 73.0 Å². The van der Waals surface area contributed by atoms with Crippen LogP contribution in [0.25, 0.3) is 11.1 Å². The van der Waals surface area contributed by atoms with E-state index in [-0.39, 0.29) is 48.9 Å². The number of aliphatic hydroxyl groups is 1. The van der Waals surface area contributed by atoms with Gasteiger partial charge in [-0.25, -0.2) is 4.79 Å². The van der Waals surface area contributed by atoms with E-state index < -0.39 is 89.0 Å². The van der Waals surface area contributed by atoms with Crippen molar-refractivity contribution >= 4 is 68.7 Å². The molecule has 0 saturated carbocycles. The molecular weight excluding hydrogens is 1070 g/mol. The second-order valence-electron chi connectivity index (χ2n) is 19.5. The zero-order valence-corrected chi connectivity index (χ0v) is 46.6. The summed E-state index contributed by atoms with van der Waals surface area (Å²) in [6.45, 7) is 4.99. The number of likely N-dealkylation sites (N-methyl/N-ethyl adjacent to an activating group) is 1. The minimum Gasteiger partial charge on any atom is -0.501 e. The Bertz CT molecular complexity index is 3060. The van der Waals surface area contributed by atoms with Crippen LogP contribution in [0, 0.1) is 17.2 Å². The lowest BCUT2D eigenvalue weighted by molar-refractivity contribution is -0.157. The number of benzene rings is 3. The fourth-order valence-corrected chi connectivity index (χ4v) is 11.6. The first-order valence-corrected chi connectivity index (χ1v) is 27.8. The number of methoxy groups -OCH3 is 2. The Labute approximate surface area is 464 Å².